The topological polar surface area (TPSA) is 99.6 Å². The normalized spacial score (nSPS) is 18.9. The second-order valence-electron chi connectivity index (χ2n) is 8.85. The zero-order valence-electron chi connectivity index (χ0n) is 20.7. The van der Waals surface area contributed by atoms with Gasteiger partial charge in [-0.05, 0) is 55.3 Å². The zero-order valence-corrected chi connectivity index (χ0v) is 24.7. The van der Waals surface area contributed by atoms with E-state index in [-0.39, 0.29) is 49.2 Å². The van der Waals surface area contributed by atoms with Crippen LogP contribution in [0.15, 0.2) is 41.4 Å². The van der Waals surface area contributed by atoms with Gasteiger partial charge in [0.2, 0.25) is 5.91 Å². The van der Waals surface area contributed by atoms with E-state index in [4.69, 9.17) is 16.3 Å². The summed E-state index contributed by atoms with van der Waals surface area (Å²) < 4.78 is 5.38. The molecular formula is C25H31Cl4N5O3S. The number of ether oxygens (including phenoxy) is 1. The Kier molecular flexibility index (Phi) is 12.6. The average Bonchev–Trinajstić information content (AvgIpc) is 2.87. The summed E-state index contributed by atoms with van der Waals surface area (Å²) >= 11 is 8.01. The van der Waals surface area contributed by atoms with Crippen LogP contribution >= 0.6 is 60.6 Å². The minimum atomic E-state index is -0.485. The second kappa shape index (κ2) is 14.7. The molecule has 1 fully saturated rings. The number of thioether (sulfide) groups is 1. The van der Waals surface area contributed by atoms with Crippen LogP contribution in [-0.2, 0) is 17.8 Å². The maximum atomic E-state index is 11.6. The first-order valence-electron chi connectivity index (χ1n) is 11.7. The molecule has 0 radical (unpaired) electrons. The summed E-state index contributed by atoms with van der Waals surface area (Å²) in [5.41, 5.74) is 2.78. The predicted molar refractivity (Wildman–Crippen MR) is 160 cm³/mol. The molecular weight excluding hydrogens is 592 g/mol. The Bertz CT molecular complexity index is 1260. The van der Waals surface area contributed by atoms with Crippen LogP contribution in [0.3, 0.4) is 0 Å². The lowest BCUT2D eigenvalue weighted by molar-refractivity contribution is -0.113. The lowest BCUT2D eigenvalue weighted by Crippen LogP contribution is -2.52. The van der Waals surface area contributed by atoms with Gasteiger partial charge in [-0.1, -0.05) is 11.6 Å². The quantitative estimate of drug-likeness (QED) is 0.357. The Labute approximate surface area is 249 Å². The fourth-order valence-electron chi connectivity index (χ4n) is 4.63. The minimum Gasteiger partial charge on any atom is -0.497 e. The molecule has 2 aliphatic heterocycles. The average molecular weight is 623 g/mol. The fraction of sp³-hybridized carbons (Fsp3) is 0.400. The van der Waals surface area contributed by atoms with Crippen molar-refractivity contribution in [1.82, 2.24) is 20.2 Å². The van der Waals surface area contributed by atoms with Gasteiger partial charge < -0.3 is 25.4 Å². The van der Waals surface area contributed by atoms with E-state index >= 15 is 0 Å². The van der Waals surface area contributed by atoms with E-state index in [0.717, 1.165) is 58.7 Å². The molecule has 3 aromatic rings. The number of amides is 1. The van der Waals surface area contributed by atoms with Gasteiger partial charge in [0.1, 0.15) is 11.6 Å². The number of halogens is 4. The van der Waals surface area contributed by atoms with Crippen molar-refractivity contribution >= 4 is 83.2 Å². The molecule has 1 amide bonds. The van der Waals surface area contributed by atoms with E-state index in [2.05, 4.69) is 25.5 Å². The fourth-order valence-corrected chi connectivity index (χ4v) is 5.63. The first kappa shape index (κ1) is 32.7. The number of β-amino-alcohol motifs (C(OH)–C–C–N with tert-alkyl or cyclic N) is 1. The molecule has 0 aliphatic carbocycles. The molecule has 208 valence electrons. The summed E-state index contributed by atoms with van der Waals surface area (Å²) in [7, 11) is 1.65. The van der Waals surface area contributed by atoms with E-state index in [9.17, 15) is 9.90 Å². The van der Waals surface area contributed by atoms with E-state index < -0.39 is 6.10 Å². The van der Waals surface area contributed by atoms with Gasteiger partial charge >= 0.3 is 0 Å². The number of piperidine rings is 1. The highest BCUT2D eigenvalue weighted by atomic mass is 35.5. The van der Waals surface area contributed by atoms with Crippen LogP contribution in [0.4, 0.5) is 5.82 Å². The van der Waals surface area contributed by atoms with Gasteiger partial charge in [-0.2, -0.15) is 0 Å². The number of carbonyl (C=O) groups is 1. The van der Waals surface area contributed by atoms with Crippen molar-refractivity contribution in [3.63, 3.8) is 0 Å². The molecule has 0 spiro atoms. The third-order valence-corrected chi connectivity index (χ3v) is 7.93. The summed E-state index contributed by atoms with van der Waals surface area (Å²) in [4.78, 5) is 23.9. The molecule has 4 heterocycles. The molecule has 2 aliphatic rings. The Morgan fingerprint density at radius 2 is 2.08 bits per heavy atom. The Morgan fingerprint density at radius 1 is 1.26 bits per heavy atom. The number of likely N-dealkylation sites (tertiary alicyclic amines) is 1. The minimum absolute atomic E-state index is 0. The molecule has 0 bridgehead atoms. The number of aliphatic hydroxyl groups is 1. The Morgan fingerprint density at radius 3 is 2.84 bits per heavy atom. The molecule has 13 heteroatoms. The summed E-state index contributed by atoms with van der Waals surface area (Å²) in [5.74, 6) is 1.80. The summed E-state index contributed by atoms with van der Waals surface area (Å²) in [5, 5.41) is 18.7. The van der Waals surface area contributed by atoms with Gasteiger partial charge in [0, 0.05) is 37.3 Å². The molecule has 2 aromatic heterocycles. The highest BCUT2D eigenvalue weighted by Gasteiger charge is 2.27. The van der Waals surface area contributed by atoms with Crippen LogP contribution in [0.2, 0.25) is 5.02 Å². The van der Waals surface area contributed by atoms with Gasteiger partial charge in [0.15, 0.2) is 0 Å². The van der Waals surface area contributed by atoms with Gasteiger partial charge in [-0.3, -0.25) is 9.78 Å². The highest BCUT2D eigenvalue weighted by Crippen LogP contribution is 2.30. The van der Waals surface area contributed by atoms with Crippen molar-refractivity contribution < 1.29 is 14.6 Å². The number of hydrogen-bond donors (Lipinski definition) is 3. The summed E-state index contributed by atoms with van der Waals surface area (Å²) in [6, 6.07) is 9.77. The van der Waals surface area contributed by atoms with Crippen molar-refractivity contribution in [2.45, 2.75) is 36.4 Å². The van der Waals surface area contributed by atoms with Crippen LogP contribution in [0, 0.1) is 0 Å². The SMILES string of the molecule is COc1ccc2ncc(Cl)c(CCN3CCC(NCc4ccc5c(n4)NC(=O)CS5)C(O)C3)c2c1.Cl.Cl.Cl. The molecule has 1 saturated heterocycles. The van der Waals surface area contributed by atoms with E-state index in [0.29, 0.717) is 29.7 Å². The first-order chi connectivity index (χ1) is 17.0. The molecule has 0 saturated carbocycles. The second-order valence-corrected chi connectivity index (χ2v) is 10.3. The molecule has 8 nitrogen and oxygen atoms in total. The zero-order chi connectivity index (χ0) is 24.4. The van der Waals surface area contributed by atoms with E-state index in [1.165, 1.54) is 11.8 Å². The van der Waals surface area contributed by atoms with Crippen molar-refractivity contribution in [3.05, 3.63) is 52.8 Å². The first-order valence-corrected chi connectivity index (χ1v) is 13.0. The number of anilines is 1. The van der Waals surface area contributed by atoms with E-state index in [1.807, 2.05) is 30.3 Å². The maximum Gasteiger partial charge on any atom is 0.235 e. The van der Waals surface area contributed by atoms with Crippen molar-refractivity contribution in [2.24, 2.45) is 0 Å². The third-order valence-electron chi connectivity index (χ3n) is 6.56. The third kappa shape index (κ3) is 7.55. The number of fused-ring (bicyclic) bond motifs is 2. The molecule has 2 atom stereocenters. The number of aromatic nitrogens is 2. The standard InChI is InChI=1S/C25H28ClN5O3S.3ClH/c1-34-16-3-4-20-18(10-16)17(19(26)12-28-20)6-8-31-9-7-21(22(32)13-31)27-11-15-2-5-23-25(29-15)30-24(33)14-35-23;;;/h2-5,10,12,21-22,27,32H,6-9,11,13-14H2,1H3,(H,29,30,33);3*1H. The van der Waals surface area contributed by atoms with Gasteiger partial charge in [0.25, 0.3) is 0 Å². The number of nitrogens with one attached hydrogen (secondary N) is 2. The number of pyridine rings is 2. The summed E-state index contributed by atoms with van der Waals surface area (Å²) in [6.45, 7) is 2.80. The molecule has 38 heavy (non-hydrogen) atoms. The lowest BCUT2D eigenvalue weighted by atomic mass is 10.00. The molecule has 5 rings (SSSR count). The number of rotatable bonds is 7. The van der Waals surface area contributed by atoms with Gasteiger partial charge in [0.05, 0.1) is 40.1 Å². The largest absolute Gasteiger partial charge is 0.497 e. The lowest BCUT2D eigenvalue weighted by Gasteiger charge is -2.36. The van der Waals surface area contributed by atoms with Crippen LogP contribution in [0.1, 0.15) is 17.7 Å². The molecule has 2 unspecified atom stereocenters. The van der Waals surface area contributed by atoms with Crippen LogP contribution < -0.4 is 15.4 Å². The van der Waals surface area contributed by atoms with Crippen LogP contribution in [0.5, 0.6) is 5.75 Å². The number of benzene rings is 1. The van der Waals surface area contributed by atoms with Crippen molar-refractivity contribution in [2.75, 3.05) is 37.8 Å². The smallest absolute Gasteiger partial charge is 0.235 e. The Balaban J connectivity index is 0.00000169. The highest BCUT2D eigenvalue weighted by molar-refractivity contribution is 8.00. The maximum absolute atomic E-state index is 11.6. The number of methoxy groups -OCH3 is 1. The van der Waals surface area contributed by atoms with Crippen LogP contribution in [0.25, 0.3) is 10.9 Å². The number of aliphatic hydroxyl groups excluding tert-OH is 1. The number of hydrogen-bond acceptors (Lipinski definition) is 8. The number of nitrogens with zero attached hydrogens (tertiary/aromatic N) is 3. The Hall–Kier alpha value is -1.56. The number of carbonyl (C=O) groups excluding carboxylic acids is 1. The van der Waals surface area contributed by atoms with Crippen molar-refractivity contribution in [3.8, 4) is 5.75 Å². The van der Waals surface area contributed by atoms with Gasteiger partial charge in [-0.15, -0.1) is 49.0 Å². The van der Waals surface area contributed by atoms with Crippen LogP contribution in [-0.4, -0.2) is 70.5 Å². The molecule has 3 N–H and O–H groups in total. The monoisotopic (exact) mass is 621 g/mol. The molecule has 1 aromatic carbocycles. The van der Waals surface area contributed by atoms with Crippen molar-refractivity contribution in [1.29, 1.82) is 0 Å². The van der Waals surface area contributed by atoms with Gasteiger partial charge in [-0.25, -0.2) is 4.98 Å². The predicted octanol–water partition coefficient (Wildman–Crippen LogP) is 4.37. The summed E-state index contributed by atoms with van der Waals surface area (Å²) in [6.07, 6.45) is 2.81. The van der Waals surface area contributed by atoms with E-state index in [1.54, 1.807) is 13.3 Å².